The summed E-state index contributed by atoms with van der Waals surface area (Å²) in [6.45, 7) is 6.00. The third kappa shape index (κ3) is 4.89. The highest BCUT2D eigenvalue weighted by atomic mass is 16.5. The molecule has 0 aliphatic carbocycles. The number of hydrogen-bond acceptors (Lipinski definition) is 6. The van der Waals surface area contributed by atoms with Gasteiger partial charge in [-0.15, -0.1) is 13.2 Å². The molecule has 0 heterocycles. The fourth-order valence-electron chi connectivity index (χ4n) is 1.93. The second-order valence-corrected chi connectivity index (χ2v) is 4.70. The number of phenols is 2. The van der Waals surface area contributed by atoms with E-state index >= 15 is 0 Å². The first-order valence-electron chi connectivity index (χ1n) is 7.31. The maximum atomic E-state index is 11.4. The van der Waals surface area contributed by atoms with Gasteiger partial charge in [-0.3, -0.25) is 0 Å². The molecule has 0 aliphatic rings. The van der Waals surface area contributed by atoms with Crippen LogP contribution < -0.4 is 0 Å². The number of aromatic hydroxyl groups is 2. The smallest absolute Gasteiger partial charge is 0.341 e. The maximum Gasteiger partial charge on any atom is 0.341 e. The first-order chi connectivity index (χ1) is 12.5. The van der Waals surface area contributed by atoms with Crippen LogP contribution in [0.4, 0.5) is 0 Å². The molecular formula is C20H18O6. The summed E-state index contributed by atoms with van der Waals surface area (Å²) in [5.41, 5.74) is 1.03. The van der Waals surface area contributed by atoms with E-state index in [1.165, 1.54) is 38.5 Å². The summed E-state index contributed by atoms with van der Waals surface area (Å²) >= 11 is 0. The fourth-order valence-corrected chi connectivity index (χ4v) is 1.93. The van der Waals surface area contributed by atoms with E-state index in [1.54, 1.807) is 12.1 Å². The lowest BCUT2D eigenvalue weighted by molar-refractivity contribution is 0.0588. The van der Waals surface area contributed by atoms with Gasteiger partial charge in [-0.05, 0) is 36.4 Å². The number of rotatable bonds is 2. The highest BCUT2D eigenvalue weighted by molar-refractivity contribution is 5.93. The van der Waals surface area contributed by atoms with E-state index in [0.29, 0.717) is 11.1 Å². The number of ether oxygens (including phenoxy) is 2. The van der Waals surface area contributed by atoms with Gasteiger partial charge >= 0.3 is 11.9 Å². The van der Waals surface area contributed by atoms with Crippen LogP contribution in [0, 0.1) is 11.8 Å². The highest BCUT2D eigenvalue weighted by Crippen LogP contribution is 2.21. The SMILES string of the molecule is C=C.COC(=O)c1ccc(C#Cc2ccc(C(=O)OC)c(O)c2)cc1O. The van der Waals surface area contributed by atoms with Crippen molar-refractivity contribution < 1.29 is 29.3 Å². The van der Waals surface area contributed by atoms with E-state index in [4.69, 9.17) is 0 Å². The zero-order valence-electron chi connectivity index (χ0n) is 14.4. The lowest BCUT2D eigenvalue weighted by atomic mass is 10.1. The Morgan fingerprint density at radius 2 is 1.15 bits per heavy atom. The van der Waals surface area contributed by atoms with E-state index < -0.39 is 11.9 Å². The molecule has 0 spiro atoms. The number of hydrogen-bond donors (Lipinski definition) is 2. The largest absolute Gasteiger partial charge is 0.507 e. The van der Waals surface area contributed by atoms with Crippen molar-refractivity contribution in [1.29, 1.82) is 0 Å². The quantitative estimate of drug-likeness (QED) is 0.489. The van der Waals surface area contributed by atoms with Crippen molar-refractivity contribution in [2.75, 3.05) is 14.2 Å². The van der Waals surface area contributed by atoms with Crippen LogP contribution >= 0.6 is 0 Å². The van der Waals surface area contributed by atoms with Crippen LogP contribution in [-0.2, 0) is 9.47 Å². The molecule has 0 radical (unpaired) electrons. The summed E-state index contributed by atoms with van der Waals surface area (Å²) in [5, 5.41) is 19.6. The van der Waals surface area contributed by atoms with Gasteiger partial charge in [0.05, 0.1) is 14.2 Å². The van der Waals surface area contributed by atoms with Crippen LogP contribution in [0.5, 0.6) is 11.5 Å². The molecule has 2 rings (SSSR count). The molecule has 0 aliphatic heterocycles. The van der Waals surface area contributed by atoms with Gasteiger partial charge in [0.2, 0.25) is 0 Å². The Labute approximate surface area is 151 Å². The topological polar surface area (TPSA) is 93.1 Å². The predicted molar refractivity (Wildman–Crippen MR) is 96.1 cm³/mol. The van der Waals surface area contributed by atoms with Crippen molar-refractivity contribution >= 4 is 11.9 Å². The summed E-state index contributed by atoms with van der Waals surface area (Å²) in [6, 6.07) is 8.60. The van der Waals surface area contributed by atoms with Crippen LogP contribution in [0.2, 0.25) is 0 Å². The predicted octanol–water partition coefficient (Wildman–Crippen LogP) is 2.87. The lowest BCUT2D eigenvalue weighted by Gasteiger charge is -2.03. The summed E-state index contributed by atoms with van der Waals surface area (Å²) in [5.74, 6) is 3.81. The molecule has 0 saturated carbocycles. The Balaban J connectivity index is 0.00000163. The average Bonchev–Trinajstić information content (AvgIpc) is 2.67. The lowest BCUT2D eigenvalue weighted by Crippen LogP contribution is -2.01. The minimum atomic E-state index is -0.643. The zero-order valence-corrected chi connectivity index (χ0v) is 14.4. The van der Waals surface area contributed by atoms with Gasteiger partial charge in [-0.1, -0.05) is 11.8 Å². The Morgan fingerprint density at radius 3 is 1.42 bits per heavy atom. The number of methoxy groups -OCH3 is 2. The van der Waals surface area contributed by atoms with Gasteiger partial charge in [0.15, 0.2) is 0 Å². The Hall–Kier alpha value is -3.72. The third-order valence-corrected chi connectivity index (χ3v) is 3.16. The van der Waals surface area contributed by atoms with Crippen LogP contribution in [-0.4, -0.2) is 36.4 Å². The van der Waals surface area contributed by atoms with Crippen LogP contribution in [0.15, 0.2) is 49.6 Å². The Kier molecular flexibility index (Phi) is 7.46. The second-order valence-electron chi connectivity index (χ2n) is 4.70. The Morgan fingerprint density at radius 1 is 0.808 bits per heavy atom. The molecule has 2 N–H and O–H groups in total. The van der Waals surface area contributed by atoms with Crippen LogP contribution in [0.25, 0.3) is 0 Å². The highest BCUT2D eigenvalue weighted by Gasteiger charge is 2.12. The molecule has 0 bridgehead atoms. The molecule has 6 heteroatoms. The molecule has 0 unspecified atom stereocenters. The summed E-state index contributed by atoms with van der Waals surface area (Å²) in [7, 11) is 2.44. The maximum absolute atomic E-state index is 11.4. The van der Waals surface area contributed by atoms with Crippen molar-refractivity contribution in [1.82, 2.24) is 0 Å². The van der Waals surface area contributed by atoms with E-state index in [-0.39, 0.29) is 22.6 Å². The minimum absolute atomic E-state index is 0.0446. The number of esters is 2. The van der Waals surface area contributed by atoms with Gasteiger partial charge in [0, 0.05) is 11.1 Å². The van der Waals surface area contributed by atoms with Gasteiger partial charge in [0.25, 0.3) is 0 Å². The van der Waals surface area contributed by atoms with Crippen molar-refractivity contribution in [2.45, 2.75) is 0 Å². The van der Waals surface area contributed by atoms with E-state index in [9.17, 15) is 19.8 Å². The minimum Gasteiger partial charge on any atom is -0.507 e. The number of benzene rings is 2. The summed E-state index contributed by atoms with van der Waals surface area (Å²) in [6.07, 6.45) is 0. The van der Waals surface area contributed by atoms with Crippen LogP contribution in [0.3, 0.4) is 0 Å². The molecule has 0 saturated heterocycles. The van der Waals surface area contributed by atoms with E-state index in [0.717, 1.165) is 0 Å². The van der Waals surface area contributed by atoms with Gasteiger partial charge in [0.1, 0.15) is 22.6 Å². The molecule has 2 aromatic rings. The molecule has 0 fully saturated rings. The molecule has 0 amide bonds. The Bertz CT molecular complexity index is 804. The van der Waals surface area contributed by atoms with E-state index in [1.807, 2.05) is 0 Å². The molecule has 0 atom stereocenters. The first-order valence-corrected chi connectivity index (χ1v) is 7.31. The van der Waals surface area contributed by atoms with Crippen molar-refractivity contribution in [3.8, 4) is 23.3 Å². The van der Waals surface area contributed by atoms with Crippen molar-refractivity contribution in [2.24, 2.45) is 0 Å². The van der Waals surface area contributed by atoms with Gasteiger partial charge in [-0.25, -0.2) is 9.59 Å². The van der Waals surface area contributed by atoms with Crippen molar-refractivity contribution in [3.05, 3.63) is 71.8 Å². The van der Waals surface area contributed by atoms with E-state index in [2.05, 4.69) is 34.5 Å². The van der Waals surface area contributed by atoms with Gasteiger partial charge < -0.3 is 19.7 Å². The third-order valence-electron chi connectivity index (χ3n) is 3.16. The molecule has 134 valence electrons. The monoisotopic (exact) mass is 354 g/mol. The zero-order chi connectivity index (χ0) is 19.7. The number of carbonyl (C=O) groups excluding carboxylic acids is 2. The normalized spacial score (nSPS) is 9.00. The molecule has 26 heavy (non-hydrogen) atoms. The number of phenolic OH excluding ortho intramolecular Hbond substituents is 2. The number of carbonyl (C=O) groups is 2. The first kappa shape index (κ1) is 20.3. The second kappa shape index (κ2) is 9.55. The van der Waals surface area contributed by atoms with Crippen molar-refractivity contribution in [3.63, 3.8) is 0 Å². The molecule has 6 nitrogen and oxygen atoms in total. The molecular weight excluding hydrogens is 336 g/mol. The standard InChI is InChI=1S/C18H14O6.C2H4/c1-23-17(21)13-7-5-11(9-15(13)19)3-4-12-6-8-14(16(20)10-12)18(22)24-2;1-2/h5-10,19-20H,1-2H3;1-2H2. The summed E-state index contributed by atoms with van der Waals surface area (Å²) < 4.78 is 9.08. The van der Waals surface area contributed by atoms with Crippen LogP contribution in [0.1, 0.15) is 31.8 Å². The molecule has 2 aromatic carbocycles. The molecule has 0 aromatic heterocycles. The fraction of sp³-hybridized carbons (Fsp3) is 0.100. The van der Waals surface area contributed by atoms with Gasteiger partial charge in [-0.2, -0.15) is 0 Å². The average molecular weight is 354 g/mol. The summed E-state index contributed by atoms with van der Waals surface area (Å²) in [4.78, 5) is 22.8.